The van der Waals surface area contributed by atoms with Gasteiger partial charge in [0.15, 0.2) is 0 Å². The van der Waals surface area contributed by atoms with E-state index in [2.05, 4.69) is 27.7 Å². The smallest absolute Gasteiger partial charge is 0.303 e. The molecule has 0 heterocycles. The van der Waals surface area contributed by atoms with Gasteiger partial charge in [-0.1, -0.05) is 201 Å². The van der Waals surface area contributed by atoms with E-state index in [9.17, 15) is 4.79 Å². The lowest BCUT2D eigenvalue weighted by atomic mass is 10.0. The average Bonchev–Trinajstić information content (AvgIpc) is 2.87. The number of carbonyl (C=O) groups is 1. The van der Waals surface area contributed by atoms with E-state index < -0.39 is 5.97 Å². The van der Waals surface area contributed by atoms with Gasteiger partial charge in [-0.3, -0.25) is 4.79 Å². The Hall–Kier alpha value is -0.530. The summed E-state index contributed by atoms with van der Waals surface area (Å²) in [6.45, 7) is 9.23. The van der Waals surface area contributed by atoms with Crippen LogP contribution in [0.4, 0.5) is 0 Å². The maximum Gasteiger partial charge on any atom is 0.303 e. The Morgan fingerprint density at radius 3 is 0.919 bits per heavy atom. The van der Waals surface area contributed by atoms with Crippen LogP contribution in [0.5, 0.6) is 0 Å². The molecule has 0 rings (SSSR count). The third-order valence-electron chi connectivity index (χ3n) is 7.63. The van der Waals surface area contributed by atoms with E-state index in [4.69, 9.17) is 5.11 Å². The van der Waals surface area contributed by atoms with E-state index in [0.29, 0.717) is 6.42 Å². The fourth-order valence-electron chi connectivity index (χ4n) is 5.04. The number of hydrogen-bond acceptors (Lipinski definition) is 1. The van der Waals surface area contributed by atoms with Crippen LogP contribution in [-0.2, 0) is 4.79 Å². The summed E-state index contributed by atoms with van der Waals surface area (Å²) in [5.74, 6) is 0.247. The molecule has 37 heavy (non-hydrogen) atoms. The molecule has 2 nitrogen and oxygen atoms in total. The summed E-state index contributed by atoms with van der Waals surface area (Å²) in [5, 5.41) is 8.50. The molecule has 0 saturated carbocycles. The van der Waals surface area contributed by atoms with Crippen LogP contribution in [0.15, 0.2) is 0 Å². The highest BCUT2D eigenvalue weighted by atomic mass is 16.4. The molecule has 0 aromatic carbocycles. The van der Waals surface area contributed by atoms with Crippen molar-refractivity contribution >= 4 is 5.97 Å². The molecule has 0 aliphatic rings. The molecule has 0 saturated heterocycles. The van der Waals surface area contributed by atoms with E-state index in [0.717, 1.165) is 18.8 Å². The van der Waals surface area contributed by atoms with Crippen LogP contribution >= 0.6 is 0 Å². The van der Waals surface area contributed by atoms with E-state index in [1.165, 1.54) is 167 Å². The third-order valence-corrected chi connectivity index (χ3v) is 7.63. The molecule has 0 unspecified atom stereocenters. The molecule has 1 N–H and O–H groups in total. The summed E-state index contributed by atoms with van der Waals surface area (Å²) in [5.41, 5.74) is 0. The lowest BCUT2D eigenvalue weighted by Crippen LogP contribution is -1.93. The summed E-state index contributed by atoms with van der Waals surface area (Å²) < 4.78 is 0. The predicted octanol–water partition coefficient (Wildman–Crippen LogP) is 13.1. The predicted molar refractivity (Wildman–Crippen MR) is 168 cm³/mol. The lowest BCUT2D eigenvalue weighted by molar-refractivity contribution is -0.137. The van der Waals surface area contributed by atoms with Gasteiger partial charge in [0, 0.05) is 6.42 Å². The van der Waals surface area contributed by atoms with Crippen LogP contribution in [-0.4, -0.2) is 11.1 Å². The molecular formula is C35H72O2. The fourth-order valence-corrected chi connectivity index (χ4v) is 5.04. The molecule has 0 atom stereocenters. The first kappa shape index (κ1) is 38.6. The van der Waals surface area contributed by atoms with Gasteiger partial charge in [-0.05, 0) is 12.3 Å². The van der Waals surface area contributed by atoms with E-state index in [1.807, 2.05) is 0 Å². The zero-order valence-corrected chi connectivity index (χ0v) is 26.4. The Labute approximate surface area is 235 Å². The molecule has 0 amide bonds. The largest absolute Gasteiger partial charge is 0.481 e. The summed E-state index contributed by atoms with van der Waals surface area (Å²) in [7, 11) is 0. The van der Waals surface area contributed by atoms with Gasteiger partial charge in [0.05, 0.1) is 0 Å². The second-order valence-corrected chi connectivity index (χ2v) is 12.2. The maximum atomic E-state index is 10.3. The maximum absolute atomic E-state index is 10.3. The molecule has 0 spiro atoms. The summed E-state index contributed by atoms with van der Waals surface area (Å²) in [4.78, 5) is 10.3. The second kappa shape index (κ2) is 35.5. The SMILES string of the molecule is CCCCCCCCCCCCCCCC(C)C.CCCCCCCCCCCCCCCCC(=O)O. The standard InChI is InChI=1S/C18H38.C17H34O2/c1-4-5-6-7-8-9-10-11-12-13-14-15-16-17-18(2)3;1-2-3-4-5-6-7-8-9-10-11-12-13-14-15-16-17(18)19/h18H,4-17H2,1-3H3;2-16H2,1H3,(H,18,19). The Balaban J connectivity index is 0. The summed E-state index contributed by atoms with van der Waals surface area (Å²) in [6.07, 6.45) is 39.2. The average molecular weight is 525 g/mol. The first-order valence-electron chi connectivity index (χ1n) is 17.3. The highest BCUT2D eigenvalue weighted by Crippen LogP contribution is 2.15. The molecule has 0 aromatic rings. The van der Waals surface area contributed by atoms with Crippen molar-refractivity contribution in [2.45, 2.75) is 214 Å². The molecule has 0 aromatic heterocycles. The van der Waals surface area contributed by atoms with Crippen LogP contribution in [0.25, 0.3) is 0 Å². The van der Waals surface area contributed by atoms with Crippen molar-refractivity contribution in [3.63, 3.8) is 0 Å². The van der Waals surface area contributed by atoms with Crippen molar-refractivity contribution < 1.29 is 9.90 Å². The van der Waals surface area contributed by atoms with Crippen molar-refractivity contribution in [2.75, 3.05) is 0 Å². The van der Waals surface area contributed by atoms with Crippen molar-refractivity contribution in [1.82, 2.24) is 0 Å². The van der Waals surface area contributed by atoms with Crippen LogP contribution in [0.3, 0.4) is 0 Å². The molecule has 0 fully saturated rings. The van der Waals surface area contributed by atoms with Crippen molar-refractivity contribution in [3.8, 4) is 0 Å². The molecule has 0 aliphatic heterocycles. The number of hydrogen-bond donors (Lipinski definition) is 1. The first-order chi connectivity index (χ1) is 18.0. The van der Waals surface area contributed by atoms with Gasteiger partial charge in [-0.25, -0.2) is 0 Å². The lowest BCUT2D eigenvalue weighted by Gasteiger charge is -2.04. The van der Waals surface area contributed by atoms with Gasteiger partial charge in [0.2, 0.25) is 0 Å². The number of rotatable bonds is 29. The van der Waals surface area contributed by atoms with Crippen LogP contribution in [0.2, 0.25) is 0 Å². The van der Waals surface area contributed by atoms with Crippen molar-refractivity contribution in [2.24, 2.45) is 5.92 Å². The molecule has 224 valence electrons. The Kier molecular flexibility index (Phi) is 37.0. The zero-order valence-electron chi connectivity index (χ0n) is 26.4. The van der Waals surface area contributed by atoms with E-state index in [1.54, 1.807) is 0 Å². The number of carboxylic acids is 1. The Morgan fingerprint density at radius 2 is 0.676 bits per heavy atom. The van der Waals surface area contributed by atoms with Gasteiger partial charge in [0.1, 0.15) is 0 Å². The van der Waals surface area contributed by atoms with Gasteiger partial charge >= 0.3 is 5.97 Å². The normalized spacial score (nSPS) is 11.1. The quantitative estimate of drug-likeness (QED) is 0.0987. The Bertz CT molecular complexity index is 404. The number of carboxylic acid groups (broad SMARTS) is 1. The van der Waals surface area contributed by atoms with Crippen molar-refractivity contribution in [1.29, 1.82) is 0 Å². The number of aliphatic carboxylic acids is 1. The van der Waals surface area contributed by atoms with Crippen LogP contribution in [0, 0.1) is 5.92 Å². The van der Waals surface area contributed by atoms with Gasteiger partial charge < -0.3 is 5.11 Å². The highest BCUT2D eigenvalue weighted by molar-refractivity contribution is 5.66. The summed E-state index contributed by atoms with van der Waals surface area (Å²) in [6, 6.07) is 0. The monoisotopic (exact) mass is 525 g/mol. The van der Waals surface area contributed by atoms with Crippen molar-refractivity contribution in [3.05, 3.63) is 0 Å². The topological polar surface area (TPSA) is 37.3 Å². The molecular weight excluding hydrogens is 452 g/mol. The van der Waals surface area contributed by atoms with Crippen LogP contribution in [0.1, 0.15) is 214 Å². The second-order valence-electron chi connectivity index (χ2n) is 12.2. The minimum atomic E-state index is -0.654. The Morgan fingerprint density at radius 1 is 0.432 bits per heavy atom. The zero-order chi connectivity index (χ0) is 27.7. The minimum absolute atomic E-state index is 0.345. The molecule has 0 radical (unpaired) electrons. The van der Waals surface area contributed by atoms with Gasteiger partial charge in [-0.15, -0.1) is 0 Å². The molecule has 2 heteroatoms. The van der Waals surface area contributed by atoms with E-state index >= 15 is 0 Å². The van der Waals surface area contributed by atoms with E-state index in [-0.39, 0.29) is 0 Å². The highest BCUT2D eigenvalue weighted by Gasteiger charge is 1.97. The first-order valence-corrected chi connectivity index (χ1v) is 17.3. The molecule has 0 bridgehead atoms. The van der Waals surface area contributed by atoms with Crippen LogP contribution < -0.4 is 0 Å². The fraction of sp³-hybridized carbons (Fsp3) is 0.971. The molecule has 0 aliphatic carbocycles. The summed E-state index contributed by atoms with van der Waals surface area (Å²) >= 11 is 0. The minimum Gasteiger partial charge on any atom is -0.481 e. The number of unbranched alkanes of at least 4 members (excludes halogenated alkanes) is 25. The van der Waals surface area contributed by atoms with Gasteiger partial charge in [-0.2, -0.15) is 0 Å². The third kappa shape index (κ3) is 42.8. The van der Waals surface area contributed by atoms with Gasteiger partial charge in [0.25, 0.3) is 0 Å².